The zero-order chi connectivity index (χ0) is 23.8. The van der Waals surface area contributed by atoms with Crippen LogP contribution in [-0.4, -0.2) is 53.3 Å². The molecule has 6 rings (SSSR count). The number of aliphatic hydroxyl groups is 1. The number of benzene rings is 1. The zero-order valence-corrected chi connectivity index (χ0v) is 19.2. The number of carbonyl (C=O) groups excluding carboxylic acids is 1. The van der Waals surface area contributed by atoms with Crippen LogP contribution in [0.25, 0.3) is 0 Å². The summed E-state index contributed by atoms with van der Waals surface area (Å²) in [5.74, 6) is -6.68. The van der Waals surface area contributed by atoms with E-state index in [1.54, 1.807) is 6.92 Å². The minimum Gasteiger partial charge on any atom is -0.497 e. The largest absolute Gasteiger partial charge is 0.497 e. The van der Waals surface area contributed by atoms with E-state index in [4.69, 9.17) is 24.0 Å². The number of hydrogen-bond donors (Lipinski definition) is 1. The van der Waals surface area contributed by atoms with Crippen LogP contribution in [0.1, 0.15) is 56.8 Å². The number of hydrogen-bond acceptors (Lipinski definition) is 7. The van der Waals surface area contributed by atoms with Gasteiger partial charge in [-0.1, -0.05) is 6.92 Å². The lowest BCUT2D eigenvalue weighted by molar-refractivity contribution is -0.541. The average Bonchev–Trinajstić information content (AvgIpc) is 2.88. The highest BCUT2D eigenvalue weighted by Gasteiger charge is 2.77. The van der Waals surface area contributed by atoms with Gasteiger partial charge >= 0.3 is 5.92 Å². The molecule has 5 aliphatic rings. The van der Waals surface area contributed by atoms with E-state index in [2.05, 4.69) is 6.92 Å². The molecular formula is C24H30F2O7. The molecule has 1 spiro atoms. The smallest absolute Gasteiger partial charge is 0.337 e. The maximum atomic E-state index is 15.5. The Hall–Kier alpha value is -1.65. The van der Waals surface area contributed by atoms with E-state index in [0.717, 1.165) is 12.8 Å². The molecule has 2 bridgehead atoms. The van der Waals surface area contributed by atoms with Crippen LogP contribution >= 0.6 is 0 Å². The maximum absolute atomic E-state index is 15.5. The first kappa shape index (κ1) is 23.1. The summed E-state index contributed by atoms with van der Waals surface area (Å²) >= 11 is 0. The monoisotopic (exact) mass is 468 g/mol. The molecule has 7 nitrogen and oxygen atoms in total. The highest BCUT2D eigenvalue weighted by Crippen LogP contribution is 2.64. The van der Waals surface area contributed by atoms with Gasteiger partial charge in [-0.05, 0) is 69.2 Å². The van der Waals surface area contributed by atoms with E-state index in [-0.39, 0.29) is 17.4 Å². The fourth-order valence-corrected chi connectivity index (χ4v) is 6.42. The van der Waals surface area contributed by atoms with Crippen LogP contribution in [0.5, 0.6) is 5.75 Å². The van der Waals surface area contributed by atoms with E-state index < -0.39 is 47.0 Å². The van der Waals surface area contributed by atoms with Crippen molar-refractivity contribution in [1.82, 2.24) is 0 Å². The van der Waals surface area contributed by atoms with Gasteiger partial charge in [0.25, 0.3) is 0 Å². The number of fused-ring (bicyclic) bond motifs is 2. The Kier molecular flexibility index (Phi) is 5.20. The fraction of sp³-hybridized carbons (Fsp3) is 0.708. The third kappa shape index (κ3) is 3.13. The maximum Gasteiger partial charge on any atom is 0.337 e. The van der Waals surface area contributed by atoms with Gasteiger partial charge in [-0.2, -0.15) is 8.78 Å². The number of Topliss-reactive ketones (excluding diaryl/α,β-unsaturated/α-hetero) is 1. The van der Waals surface area contributed by atoms with Crippen molar-refractivity contribution in [3.63, 3.8) is 0 Å². The molecule has 0 radical (unpaired) electrons. The summed E-state index contributed by atoms with van der Waals surface area (Å²) in [4.78, 5) is 24.4. The minimum absolute atomic E-state index is 0.0505. The van der Waals surface area contributed by atoms with Crippen LogP contribution in [0, 0.1) is 17.8 Å². The molecule has 1 aliphatic carbocycles. The molecule has 1 unspecified atom stereocenters. The number of ether oxygens (including phenoxy) is 3. The first-order valence-electron chi connectivity index (χ1n) is 11.4. The third-order valence-electron chi connectivity index (χ3n) is 8.31. The van der Waals surface area contributed by atoms with Gasteiger partial charge in [-0.25, -0.2) is 9.78 Å². The van der Waals surface area contributed by atoms with Crippen molar-refractivity contribution in [3.8, 4) is 5.75 Å². The Morgan fingerprint density at radius 1 is 1.15 bits per heavy atom. The average molecular weight is 468 g/mol. The van der Waals surface area contributed by atoms with Crippen molar-refractivity contribution in [1.29, 1.82) is 0 Å². The summed E-state index contributed by atoms with van der Waals surface area (Å²) < 4.78 is 48.3. The van der Waals surface area contributed by atoms with Crippen molar-refractivity contribution in [2.75, 3.05) is 7.11 Å². The lowest BCUT2D eigenvalue weighted by Gasteiger charge is -2.51. The highest BCUT2D eigenvalue weighted by molar-refractivity contribution is 6.02. The van der Waals surface area contributed by atoms with Crippen molar-refractivity contribution in [3.05, 3.63) is 29.8 Å². The van der Waals surface area contributed by atoms with E-state index in [1.807, 2.05) is 0 Å². The number of carbonyl (C=O) groups is 1. The highest BCUT2D eigenvalue weighted by atomic mass is 19.3. The van der Waals surface area contributed by atoms with Gasteiger partial charge in [0.1, 0.15) is 11.4 Å². The van der Waals surface area contributed by atoms with Gasteiger partial charge in [0.15, 0.2) is 18.0 Å². The summed E-state index contributed by atoms with van der Waals surface area (Å²) in [5.41, 5.74) is -3.14. The SMILES string of the molecule is COc1ccc(C(=O)C(F)(F)C(O)[C@]2(C)O[C@@H]3O[C@@]4(C)CC[C@H]5[C@H](C)CC[C@@H]2[C@@]35OO4)cc1. The molecule has 1 N–H and O–H groups in total. The molecule has 1 aromatic carbocycles. The molecule has 33 heavy (non-hydrogen) atoms. The summed E-state index contributed by atoms with van der Waals surface area (Å²) in [6.07, 6.45) is -0.865. The van der Waals surface area contributed by atoms with Crippen LogP contribution in [0.3, 0.4) is 0 Å². The molecule has 182 valence electrons. The van der Waals surface area contributed by atoms with Crippen LogP contribution in [0.15, 0.2) is 24.3 Å². The molecule has 9 heteroatoms. The molecule has 1 saturated carbocycles. The van der Waals surface area contributed by atoms with Crippen molar-refractivity contribution in [2.45, 2.75) is 81.8 Å². The van der Waals surface area contributed by atoms with Crippen molar-refractivity contribution >= 4 is 5.78 Å². The number of ketones is 1. The minimum atomic E-state index is -4.11. The number of aliphatic hydroxyl groups excluding tert-OH is 1. The Morgan fingerprint density at radius 2 is 1.85 bits per heavy atom. The predicted molar refractivity (Wildman–Crippen MR) is 111 cm³/mol. The van der Waals surface area contributed by atoms with Gasteiger partial charge in [-0.15, -0.1) is 0 Å². The van der Waals surface area contributed by atoms with E-state index in [9.17, 15) is 9.90 Å². The molecule has 4 saturated heterocycles. The topological polar surface area (TPSA) is 83.5 Å². The van der Waals surface area contributed by atoms with Crippen LogP contribution in [0.2, 0.25) is 0 Å². The van der Waals surface area contributed by atoms with Gasteiger partial charge in [-0.3, -0.25) is 4.79 Å². The molecule has 0 amide bonds. The summed E-state index contributed by atoms with van der Waals surface area (Å²) in [5, 5.41) is 11.1. The van der Waals surface area contributed by atoms with Gasteiger partial charge in [0, 0.05) is 17.9 Å². The van der Waals surface area contributed by atoms with Gasteiger partial charge in [0.05, 0.1) is 7.11 Å². The third-order valence-corrected chi connectivity index (χ3v) is 8.31. The quantitative estimate of drug-likeness (QED) is 0.519. The zero-order valence-electron chi connectivity index (χ0n) is 19.2. The fourth-order valence-electron chi connectivity index (χ4n) is 6.42. The first-order chi connectivity index (χ1) is 15.5. The lowest BCUT2D eigenvalue weighted by Crippen LogP contribution is -2.64. The Labute approximate surface area is 191 Å². The first-order valence-corrected chi connectivity index (χ1v) is 11.4. The summed E-state index contributed by atoms with van der Waals surface area (Å²) in [7, 11) is 1.44. The van der Waals surface area contributed by atoms with Crippen molar-refractivity contribution in [2.24, 2.45) is 17.8 Å². The molecule has 0 aromatic heterocycles. The summed E-state index contributed by atoms with van der Waals surface area (Å²) in [6, 6.07) is 5.35. The summed E-state index contributed by atoms with van der Waals surface area (Å²) in [6.45, 7) is 5.26. The van der Waals surface area contributed by atoms with Gasteiger partial charge in [0.2, 0.25) is 11.6 Å². The molecule has 8 atom stereocenters. The predicted octanol–water partition coefficient (Wildman–Crippen LogP) is 3.88. The van der Waals surface area contributed by atoms with E-state index >= 15 is 8.78 Å². The molecule has 4 heterocycles. The second-order valence-electron chi connectivity index (χ2n) is 10.2. The number of halogens is 2. The Balaban J connectivity index is 1.50. The number of alkyl halides is 2. The second-order valence-corrected chi connectivity index (χ2v) is 10.2. The standard InChI is InChI=1S/C24H30F2O7/c1-13-5-10-17-22(3,31-20-23(17)16(13)11-12-21(2,30-20)32-33-23)19(28)24(25,26)18(27)14-6-8-15(29-4)9-7-14/h6-9,13,16-17,19-20,28H,5,10-12H2,1-4H3/t13-,16+,17+,19?,20+,21-,22-,23-/m1/s1. The van der Waals surface area contributed by atoms with Crippen LogP contribution in [0.4, 0.5) is 8.78 Å². The van der Waals surface area contributed by atoms with E-state index in [0.29, 0.717) is 18.6 Å². The molecule has 4 aliphatic heterocycles. The molecular weight excluding hydrogens is 438 g/mol. The van der Waals surface area contributed by atoms with Crippen molar-refractivity contribution < 1.29 is 42.7 Å². The Morgan fingerprint density at radius 3 is 2.52 bits per heavy atom. The van der Waals surface area contributed by atoms with Gasteiger partial charge < -0.3 is 19.3 Å². The van der Waals surface area contributed by atoms with Crippen LogP contribution < -0.4 is 4.74 Å². The Bertz CT molecular complexity index is 939. The number of methoxy groups -OCH3 is 1. The normalized spacial score (nSPS) is 43.0. The molecule has 5 fully saturated rings. The lowest BCUT2D eigenvalue weighted by atomic mass is 9.58. The van der Waals surface area contributed by atoms with Crippen LogP contribution in [-0.2, 0) is 19.2 Å². The molecule has 1 aromatic rings. The van der Waals surface area contributed by atoms with E-state index in [1.165, 1.54) is 38.3 Å². The second kappa shape index (κ2) is 7.42. The number of rotatable bonds is 5.